The highest BCUT2D eigenvalue weighted by atomic mass is 32.1. The molecule has 0 atom stereocenters. The van der Waals surface area contributed by atoms with E-state index >= 15 is 0 Å². The molecule has 0 amide bonds. The quantitative estimate of drug-likeness (QED) is 0.205. The summed E-state index contributed by atoms with van der Waals surface area (Å²) >= 11 is 1.36. The summed E-state index contributed by atoms with van der Waals surface area (Å²) in [6.45, 7) is -2.44. The summed E-state index contributed by atoms with van der Waals surface area (Å²) in [5.74, 6) is 1.08. The predicted molar refractivity (Wildman–Crippen MR) is 147 cm³/mol. The first-order valence-corrected chi connectivity index (χ1v) is 13.8. The molecule has 1 heterocycles. The average molecular weight is 497 g/mol. The van der Waals surface area contributed by atoms with Gasteiger partial charge in [0.2, 0.25) is 0 Å². The fraction of sp³-hybridized carbons (Fsp3) is 0. The van der Waals surface area contributed by atoms with Gasteiger partial charge in [-0.1, -0.05) is 114 Å². The lowest BCUT2D eigenvalue weighted by Gasteiger charge is -2.28. The van der Waals surface area contributed by atoms with Crippen molar-refractivity contribution in [3.05, 3.63) is 133 Å². The molecule has 0 radical (unpaired) electrons. The maximum atomic E-state index is 13.4. The number of benzene rings is 4. The van der Waals surface area contributed by atoms with E-state index in [9.17, 15) is 9.18 Å². The first-order valence-electron chi connectivity index (χ1n) is 11.1. The molecule has 0 fully saturated rings. The van der Waals surface area contributed by atoms with E-state index in [1.54, 1.807) is 24.0 Å². The lowest BCUT2D eigenvalue weighted by molar-refractivity contribution is -0.126. The molecule has 0 unspecified atom stereocenters. The van der Waals surface area contributed by atoms with Gasteiger partial charge >= 0.3 is 5.97 Å². The molecular formula is C30H22FO2PS. The van der Waals surface area contributed by atoms with Crippen molar-refractivity contribution in [1.29, 1.82) is 0 Å². The number of hydrogen-bond donors (Lipinski definition) is 0. The van der Waals surface area contributed by atoms with Crippen molar-refractivity contribution in [2.75, 3.05) is 0 Å². The van der Waals surface area contributed by atoms with E-state index < -0.39 is 12.9 Å². The third kappa shape index (κ3) is 4.90. The number of hydrogen-bond acceptors (Lipinski definition) is 3. The second-order valence-corrected chi connectivity index (χ2v) is 12.2. The lowest BCUT2D eigenvalue weighted by atomic mass is 10.2. The Kier molecular flexibility index (Phi) is 6.76. The number of esters is 1. The van der Waals surface area contributed by atoms with Crippen LogP contribution in [0.3, 0.4) is 0 Å². The zero-order valence-corrected chi connectivity index (χ0v) is 20.5. The van der Waals surface area contributed by atoms with E-state index in [0.717, 1.165) is 26.4 Å². The summed E-state index contributed by atoms with van der Waals surface area (Å²) in [6, 6.07) is 40.4. The molecule has 1 aromatic heterocycles. The van der Waals surface area contributed by atoms with E-state index in [2.05, 4.69) is 36.4 Å². The highest BCUT2D eigenvalue weighted by molar-refractivity contribution is 7.95. The number of halogens is 1. The maximum Gasteiger partial charge on any atom is 0.338 e. The van der Waals surface area contributed by atoms with Gasteiger partial charge in [-0.25, -0.2) is 9.18 Å². The lowest BCUT2D eigenvalue weighted by Crippen LogP contribution is -2.29. The van der Waals surface area contributed by atoms with Crippen LogP contribution in [0.2, 0.25) is 0 Å². The van der Waals surface area contributed by atoms with Gasteiger partial charge in [-0.15, -0.1) is 0 Å². The minimum absolute atomic E-state index is 0.283. The maximum absolute atomic E-state index is 13.4. The van der Waals surface area contributed by atoms with Crippen molar-refractivity contribution in [3.63, 3.8) is 0 Å². The predicted octanol–water partition coefficient (Wildman–Crippen LogP) is 6.26. The van der Waals surface area contributed by atoms with Crippen molar-refractivity contribution < 1.29 is 13.9 Å². The molecule has 0 aliphatic heterocycles. The SMILES string of the molecule is O=C(C=P(c1ccccc1)(c1ccccc1)c1ccccc1)Oc1ccc(-c2ccc(F)cc2)s1. The van der Waals surface area contributed by atoms with Gasteiger partial charge in [0, 0.05) is 10.7 Å². The number of rotatable bonds is 6. The second-order valence-electron chi connectivity index (χ2n) is 7.91. The molecule has 0 aliphatic carbocycles. The largest absolute Gasteiger partial charge is 0.412 e. The van der Waals surface area contributed by atoms with Crippen LogP contribution in [0, 0.1) is 5.82 Å². The number of carbonyl (C=O) groups excluding carboxylic acids is 1. The molecule has 5 heteroatoms. The van der Waals surface area contributed by atoms with Crippen molar-refractivity contribution in [3.8, 4) is 15.5 Å². The molecule has 0 saturated carbocycles. The van der Waals surface area contributed by atoms with Crippen LogP contribution in [0.15, 0.2) is 127 Å². The van der Waals surface area contributed by atoms with Gasteiger partial charge in [-0.05, 0) is 52.6 Å². The van der Waals surface area contributed by atoms with Gasteiger partial charge < -0.3 is 4.74 Å². The summed E-state index contributed by atoms with van der Waals surface area (Å²) in [5, 5.41) is 3.73. The summed E-state index contributed by atoms with van der Waals surface area (Å²) < 4.78 is 19.1. The number of carbonyl (C=O) groups is 1. The number of thiophene rings is 1. The van der Waals surface area contributed by atoms with Crippen LogP contribution in [0.4, 0.5) is 4.39 Å². The summed E-state index contributed by atoms with van der Waals surface area (Å²) in [6.07, 6.45) is 0. The highest BCUT2D eigenvalue weighted by Crippen LogP contribution is 2.43. The van der Waals surface area contributed by atoms with Crippen LogP contribution >= 0.6 is 18.2 Å². The smallest absolute Gasteiger partial charge is 0.338 e. The molecule has 0 N–H and O–H groups in total. The summed E-state index contributed by atoms with van der Waals surface area (Å²) in [4.78, 5) is 14.4. The van der Waals surface area contributed by atoms with Crippen LogP contribution in [-0.2, 0) is 4.79 Å². The molecule has 5 aromatic rings. The van der Waals surface area contributed by atoms with E-state index in [1.165, 1.54) is 23.5 Å². The molecular weight excluding hydrogens is 474 g/mol. The second kappa shape index (κ2) is 10.3. The Morgan fingerprint density at radius 2 is 1.14 bits per heavy atom. The average Bonchev–Trinajstić information content (AvgIpc) is 3.37. The normalized spacial score (nSPS) is 11.1. The molecule has 5 rings (SSSR count). The Morgan fingerprint density at radius 3 is 1.63 bits per heavy atom. The zero-order valence-electron chi connectivity index (χ0n) is 18.8. The van der Waals surface area contributed by atoms with E-state index in [-0.39, 0.29) is 5.82 Å². The molecule has 4 aromatic carbocycles. The van der Waals surface area contributed by atoms with Crippen LogP contribution in [0.5, 0.6) is 5.06 Å². The zero-order chi connectivity index (χ0) is 24.1. The molecule has 35 heavy (non-hydrogen) atoms. The monoisotopic (exact) mass is 496 g/mol. The summed E-state index contributed by atoms with van der Waals surface area (Å²) in [7, 11) is 0. The van der Waals surface area contributed by atoms with Gasteiger partial charge in [-0.2, -0.15) is 0 Å². The first-order chi connectivity index (χ1) is 17.1. The van der Waals surface area contributed by atoms with Gasteiger partial charge in [0.15, 0.2) is 5.06 Å². The third-order valence-corrected chi connectivity index (χ3v) is 10.6. The van der Waals surface area contributed by atoms with Crippen LogP contribution < -0.4 is 20.7 Å². The van der Waals surface area contributed by atoms with Gasteiger partial charge in [-0.3, -0.25) is 0 Å². The molecule has 0 aliphatic rings. The minimum Gasteiger partial charge on any atom is -0.412 e. The number of ether oxygens (including phenoxy) is 1. The summed E-state index contributed by atoms with van der Waals surface area (Å²) in [5.41, 5.74) is 0.877. The Bertz CT molecular complexity index is 1370. The molecule has 0 saturated heterocycles. The minimum atomic E-state index is -2.44. The Labute approximate surface area is 208 Å². The first kappa shape index (κ1) is 23.0. The standard InChI is InChI=1S/C30H22FO2PS/c31-24-18-16-23(17-19-24)28-20-21-30(35-28)33-29(32)22-34(25-10-4-1-5-11-25,26-12-6-2-7-13-26)27-14-8-3-9-15-27/h1-22H. The van der Waals surface area contributed by atoms with E-state index in [1.807, 2.05) is 60.7 Å². The van der Waals surface area contributed by atoms with E-state index in [4.69, 9.17) is 4.74 Å². The van der Waals surface area contributed by atoms with Gasteiger partial charge in [0.05, 0.1) is 0 Å². The van der Waals surface area contributed by atoms with Crippen LogP contribution in [0.25, 0.3) is 10.4 Å². The Hall–Kier alpha value is -3.72. The van der Waals surface area contributed by atoms with Crippen molar-refractivity contribution >= 4 is 45.9 Å². The fourth-order valence-electron chi connectivity index (χ4n) is 4.09. The molecule has 172 valence electrons. The molecule has 2 nitrogen and oxygen atoms in total. The van der Waals surface area contributed by atoms with E-state index in [0.29, 0.717) is 5.06 Å². The van der Waals surface area contributed by atoms with Gasteiger partial charge in [0.1, 0.15) is 5.82 Å². The van der Waals surface area contributed by atoms with Crippen molar-refractivity contribution in [1.82, 2.24) is 0 Å². The topological polar surface area (TPSA) is 26.3 Å². The molecule has 0 bridgehead atoms. The Balaban J connectivity index is 1.59. The van der Waals surface area contributed by atoms with Crippen LogP contribution in [-0.4, -0.2) is 11.8 Å². The van der Waals surface area contributed by atoms with Crippen LogP contribution in [0.1, 0.15) is 0 Å². The van der Waals surface area contributed by atoms with Crippen molar-refractivity contribution in [2.24, 2.45) is 0 Å². The van der Waals surface area contributed by atoms with Gasteiger partial charge in [0.25, 0.3) is 0 Å². The Morgan fingerprint density at radius 1 is 0.657 bits per heavy atom. The third-order valence-electron chi connectivity index (χ3n) is 5.70. The van der Waals surface area contributed by atoms with Crippen molar-refractivity contribution in [2.45, 2.75) is 0 Å². The highest BCUT2D eigenvalue weighted by Gasteiger charge is 2.27. The fourth-order valence-corrected chi connectivity index (χ4v) is 8.59. The molecule has 0 spiro atoms.